The molecule has 6 nitrogen and oxygen atoms in total. The average Bonchev–Trinajstić information content (AvgIpc) is 2.76. The topological polar surface area (TPSA) is 98.1 Å². The van der Waals surface area contributed by atoms with E-state index in [1.54, 1.807) is 24.3 Å². The van der Waals surface area contributed by atoms with Crippen molar-refractivity contribution < 1.29 is 24.9 Å². The van der Waals surface area contributed by atoms with Gasteiger partial charge in [0.15, 0.2) is 11.6 Å². The van der Waals surface area contributed by atoms with Crippen LogP contribution < -0.4 is 0 Å². The minimum atomic E-state index is -1.45. The van der Waals surface area contributed by atoms with E-state index in [1.165, 1.54) is 27.7 Å². The van der Waals surface area contributed by atoms with Crippen LogP contribution in [0.25, 0.3) is 0 Å². The summed E-state index contributed by atoms with van der Waals surface area (Å²) in [6.07, 6.45) is 1.97. The molecule has 33 heavy (non-hydrogen) atoms. The summed E-state index contributed by atoms with van der Waals surface area (Å²) in [4.78, 5) is 27.0. The summed E-state index contributed by atoms with van der Waals surface area (Å²) in [6, 6.07) is 14.1. The van der Waals surface area contributed by atoms with E-state index in [4.69, 9.17) is 0 Å². The Hall–Kier alpha value is -2.38. The molecule has 6 heteroatoms. The molecule has 0 radical (unpaired) electrons. The van der Waals surface area contributed by atoms with Crippen LogP contribution in [0.15, 0.2) is 48.5 Å². The number of carbonyl (C=O) groups is 2. The molecule has 2 aromatic carbocycles. The van der Waals surface area contributed by atoms with Crippen LogP contribution in [-0.2, 0) is 0 Å². The van der Waals surface area contributed by atoms with Crippen molar-refractivity contribution in [2.75, 3.05) is 19.7 Å². The lowest BCUT2D eigenvalue weighted by molar-refractivity contribution is 0.0487. The molecule has 0 saturated heterocycles. The maximum Gasteiger partial charge on any atom is 0.193 e. The summed E-state index contributed by atoms with van der Waals surface area (Å²) < 4.78 is 0. The Balaban J connectivity index is 2.48. The van der Waals surface area contributed by atoms with Crippen molar-refractivity contribution in [3.8, 4) is 0 Å². The number of hydrogen-bond acceptors (Lipinski definition) is 6. The lowest BCUT2D eigenvalue weighted by Crippen LogP contribution is -2.34. The number of rotatable bonds is 12. The number of aliphatic hydroxyl groups excluding tert-OH is 1. The Kier molecular flexibility index (Phi) is 9.09. The molecule has 2 aromatic rings. The number of benzene rings is 2. The zero-order valence-electron chi connectivity index (χ0n) is 20.3. The standard InChI is InChI=1S/C27H37NO5/c1-6-7-16-28(17-18-29)23(19-8-12-21(13-9-19)24(30)26(2,3)32)20-10-14-22(15-11-20)25(31)27(4,5)33/h8-15,23,29,32-33H,6-7,16-18H2,1-5H3. The van der Waals surface area contributed by atoms with Crippen LogP contribution >= 0.6 is 0 Å². The number of carbonyl (C=O) groups excluding carboxylic acids is 2. The van der Waals surface area contributed by atoms with Gasteiger partial charge in [-0.3, -0.25) is 14.5 Å². The molecule has 0 atom stereocenters. The molecule has 0 fully saturated rings. The van der Waals surface area contributed by atoms with Gasteiger partial charge in [-0.2, -0.15) is 0 Å². The van der Waals surface area contributed by atoms with Crippen LogP contribution in [0.5, 0.6) is 0 Å². The van der Waals surface area contributed by atoms with Crippen LogP contribution in [0.1, 0.15) is 85.3 Å². The Bertz CT molecular complexity index is 851. The average molecular weight is 456 g/mol. The van der Waals surface area contributed by atoms with Gasteiger partial charge in [-0.05, 0) is 51.8 Å². The third kappa shape index (κ3) is 7.05. The van der Waals surface area contributed by atoms with Gasteiger partial charge in [-0.25, -0.2) is 0 Å². The maximum absolute atomic E-state index is 12.4. The number of Topliss-reactive ketones (excluding diaryl/α,β-unsaturated/α-hetero) is 2. The van der Waals surface area contributed by atoms with Crippen molar-refractivity contribution in [2.24, 2.45) is 0 Å². The molecule has 0 unspecified atom stereocenters. The number of unbranched alkanes of at least 4 members (excludes halogenated alkanes) is 1. The van der Waals surface area contributed by atoms with Crippen molar-refractivity contribution in [1.82, 2.24) is 4.90 Å². The minimum Gasteiger partial charge on any atom is -0.395 e. The molecule has 0 aliphatic heterocycles. The summed E-state index contributed by atoms with van der Waals surface area (Å²) in [5.41, 5.74) is -0.166. The van der Waals surface area contributed by atoms with Crippen molar-refractivity contribution in [2.45, 2.75) is 64.7 Å². The van der Waals surface area contributed by atoms with Gasteiger partial charge in [0.2, 0.25) is 0 Å². The first-order valence-corrected chi connectivity index (χ1v) is 11.5. The predicted octanol–water partition coefficient (Wildman–Crippen LogP) is 3.78. The van der Waals surface area contributed by atoms with E-state index in [0.29, 0.717) is 17.7 Å². The zero-order valence-corrected chi connectivity index (χ0v) is 20.3. The van der Waals surface area contributed by atoms with Gasteiger partial charge in [0, 0.05) is 17.7 Å². The summed E-state index contributed by atoms with van der Waals surface area (Å²) in [6.45, 7) is 9.24. The van der Waals surface area contributed by atoms with Crippen LogP contribution in [-0.4, -0.2) is 62.7 Å². The van der Waals surface area contributed by atoms with Crippen LogP contribution in [0.4, 0.5) is 0 Å². The molecule has 3 N–H and O–H groups in total. The first-order valence-electron chi connectivity index (χ1n) is 11.5. The lowest BCUT2D eigenvalue weighted by atomic mass is 9.91. The monoisotopic (exact) mass is 455 g/mol. The smallest absolute Gasteiger partial charge is 0.193 e. The third-order valence-electron chi connectivity index (χ3n) is 5.64. The molecule has 0 aromatic heterocycles. The molecular weight excluding hydrogens is 418 g/mol. The third-order valence-corrected chi connectivity index (χ3v) is 5.64. The summed E-state index contributed by atoms with van der Waals surface area (Å²) in [7, 11) is 0. The molecule has 0 saturated carbocycles. The van der Waals surface area contributed by atoms with E-state index >= 15 is 0 Å². The fraction of sp³-hybridized carbons (Fsp3) is 0.481. The van der Waals surface area contributed by atoms with E-state index in [2.05, 4.69) is 11.8 Å². The number of ketones is 2. The van der Waals surface area contributed by atoms with Crippen molar-refractivity contribution in [1.29, 1.82) is 0 Å². The van der Waals surface area contributed by atoms with Crippen LogP contribution in [0.3, 0.4) is 0 Å². The van der Waals surface area contributed by atoms with E-state index in [0.717, 1.165) is 30.5 Å². The second-order valence-corrected chi connectivity index (χ2v) is 9.54. The molecule has 2 rings (SSSR count). The molecule has 0 amide bonds. The molecule has 0 aliphatic rings. The quantitative estimate of drug-likeness (QED) is 0.422. The van der Waals surface area contributed by atoms with E-state index < -0.39 is 11.2 Å². The van der Waals surface area contributed by atoms with Gasteiger partial charge in [0.25, 0.3) is 0 Å². The van der Waals surface area contributed by atoms with Crippen molar-refractivity contribution in [3.63, 3.8) is 0 Å². The highest BCUT2D eigenvalue weighted by Gasteiger charge is 2.28. The highest BCUT2D eigenvalue weighted by Crippen LogP contribution is 2.30. The van der Waals surface area contributed by atoms with Gasteiger partial charge in [-0.15, -0.1) is 0 Å². The van der Waals surface area contributed by atoms with Gasteiger partial charge in [0.05, 0.1) is 12.6 Å². The van der Waals surface area contributed by atoms with Gasteiger partial charge >= 0.3 is 0 Å². The Labute approximate surface area is 196 Å². The Morgan fingerprint density at radius 2 is 1.18 bits per heavy atom. The second-order valence-electron chi connectivity index (χ2n) is 9.54. The fourth-order valence-corrected chi connectivity index (χ4v) is 3.81. The highest BCUT2D eigenvalue weighted by atomic mass is 16.3. The Morgan fingerprint density at radius 1 is 0.788 bits per heavy atom. The molecule has 0 spiro atoms. The van der Waals surface area contributed by atoms with Gasteiger partial charge in [0.1, 0.15) is 11.2 Å². The summed E-state index contributed by atoms with van der Waals surface area (Å²) in [5.74, 6) is -0.698. The molecule has 180 valence electrons. The first kappa shape index (κ1) is 26.9. The lowest BCUT2D eigenvalue weighted by Gasteiger charge is -2.32. The maximum atomic E-state index is 12.4. The van der Waals surface area contributed by atoms with Gasteiger partial charge in [-0.1, -0.05) is 61.9 Å². The highest BCUT2D eigenvalue weighted by molar-refractivity contribution is 6.02. The fourth-order valence-electron chi connectivity index (χ4n) is 3.81. The first-order chi connectivity index (χ1) is 15.4. The molecular formula is C27H37NO5. The van der Waals surface area contributed by atoms with Crippen LogP contribution in [0.2, 0.25) is 0 Å². The zero-order chi connectivity index (χ0) is 24.8. The van der Waals surface area contributed by atoms with E-state index in [-0.39, 0.29) is 24.2 Å². The molecule has 0 heterocycles. The van der Waals surface area contributed by atoms with Crippen molar-refractivity contribution >= 4 is 11.6 Å². The number of aliphatic hydroxyl groups is 3. The molecule has 0 aliphatic carbocycles. The van der Waals surface area contributed by atoms with E-state index in [1.807, 2.05) is 24.3 Å². The van der Waals surface area contributed by atoms with E-state index in [9.17, 15) is 24.9 Å². The number of hydrogen-bond donors (Lipinski definition) is 3. The SMILES string of the molecule is CCCCN(CCO)C(c1ccc(C(=O)C(C)(C)O)cc1)c1ccc(C(=O)C(C)(C)O)cc1. The minimum absolute atomic E-state index is 0.00472. The Morgan fingerprint density at radius 3 is 1.48 bits per heavy atom. The van der Waals surface area contributed by atoms with Crippen LogP contribution in [0, 0.1) is 0 Å². The molecule has 0 bridgehead atoms. The predicted molar refractivity (Wildman–Crippen MR) is 130 cm³/mol. The van der Waals surface area contributed by atoms with Gasteiger partial charge < -0.3 is 15.3 Å². The summed E-state index contributed by atoms with van der Waals surface area (Å²) >= 11 is 0. The number of nitrogens with zero attached hydrogens (tertiary/aromatic N) is 1. The normalized spacial score (nSPS) is 12.4. The second kappa shape index (κ2) is 11.2. The largest absolute Gasteiger partial charge is 0.395 e. The van der Waals surface area contributed by atoms with Crippen molar-refractivity contribution in [3.05, 3.63) is 70.8 Å². The summed E-state index contributed by atoms with van der Waals surface area (Å²) in [5, 5.41) is 29.8.